The minimum Gasteiger partial charge on any atom is -0.324 e. The van der Waals surface area contributed by atoms with Gasteiger partial charge >= 0.3 is 0 Å². The molecule has 0 aliphatic carbocycles. The van der Waals surface area contributed by atoms with Crippen molar-refractivity contribution in [1.82, 2.24) is 0 Å². The molecule has 1 aromatic carbocycles. The summed E-state index contributed by atoms with van der Waals surface area (Å²) in [6, 6.07) is 9.74. The molecule has 1 rings (SSSR count). The van der Waals surface area contributed by atoms with E-state index >= 15 is 0 Å². The van der Waals surface area contributed by atoms with Crippen molar-refractivity contribution in [2.24, 2.45) is 5.92 Å². The van der Waals surface area contributed by atoms with Gasteiger partial charge in [-0.1, -0.05) is 32.0 Å². The van der Waals surface area contributed by atoms with Gasteiger partial charge in [-0.2, -0.15) is 0 Å². The Bertz CT molecular complexity index is 338. The van der Waals surface area contributed by atoms with E-state index in [0.717, 1.165) is 4.90 Å². The van der Waals surface area contributed by atoms with Crippen molar-refractivity contribution in [3.8, 4) is 0 Å². The van der Waals surface area contributed by atoms with Crippen LogP contribution in [0.3, 0.4) is 0 Å². The van der Waals surface area contributed by atoms with Crippen LogP contribution in [0.2, 0.25) is 0 Å². The zero-order chi connectivity index (χ0) is 11.3. The van der Waals surface area contributed by atoms with Gasteiger partial charge < -0.3 is 4.52 Å². The Morgan fingerprint density at radius 1 is 1.33 bits per heavy atom. The molecule has 0 amide bonds. The van der Waals surface area contributed by atoms with E-state index in [4.69, 9.17) is 4.52 Å². The van der Waals surface area contributed by atoms with Crippen LogP contribution in [0.1, 0.15) is 13.8 Å². The van der Waals surface area contributed by atoms with Gasteiger partial charge in [-0.15, -0.1) is 0 Å². The zero-order valence-corrected chi connectivity index (χ0v) is 11.1. The highest BCUT2D eigenvalue weighted by Crippen LogP contribution is 2.62. The van der Waals surface area contributed by atoms with Crippen LogP contribution in [0.25, 0.3) is 0 Å². The standard InChI is InChI=1S/C11H17O2PS/c1-10(2)9-14(12,13-3)15-11-7-5-4-6-8-11/h4-8,10H,9H2,1-3H3. The first-order chi connectivity index (χ1) is 7.06. The van der Waals surface area contributed by atoms with Crippen LogP contribution < -0.4 is 0 Å². The molecule has 0 heterocycles. The van der Waals surface area contributed by atoms with E-state index in [1.54, 1.807) is 0 Å². The van der Waals surface area contributed by atoms with Crippen LogP contribution in [0.5, 0.6) is 0 Å². The molecule has 84 valence electrons. The van der Waals surface area contributed by atoms with Crippen molar-refractivity contribution < 1.29 is 9.09 Å². The highest BCUT2D eigenvalue weighted by atomic mass is 32.7. The zero-order valence-electron chi connectivity index (χ0n) is 9.34. The molecule has 0 saturated carbocycles. The summed E-state index contributed by atoms with van der Waals surface area (Å²) >= 11 is 1.35. The van der Waals surface area contributed by atoms with E-state index in [-0.39, 0.29) is 0 Å². The third-order valence-corrected chi connectivity index (χ3v) is 6.71. The smallest absolute Gasteiger partial charge is 0.262 e. The molecule has 1 atom stereocenters. The van der Waals surface area contributed by atoms with E-state index in [2.05, 4.69) is 13.8 Å². The lowest BCUT2D eigenvalue weighted by Gasteiger charge is -2.17. The lowest BCUT2D eigenvalue weighted by molar-refractivity contribution is 0.404. The van der Waals surface area contributed by atoms with Crippen molar-refractivity contribution in [2.45, 2.75) is 18.7 Å². The predicted molar refractivity (Wildman–Crippen MR) is 66.6 cm³/mol. The second kappa shape index (κ2) is 5.74. The summed E-state index contributed by atoms with van der Waals surface area (Å²) in [4.78, 5) is 1.00. The molecular formula is C11H17O2PS. The van der Waals surface area contributed by atoms with E-state index in [0.29, 0.717) is 12.1 Å². The topological polar surface area (TPSA) is 26.3 Å². The van der Waals surface area contributed by atoms with Crippen LogP contribution in [0.15, 0.2) is 35.2 Å². The van der Waals surface area contributed by atoms with E-state index in [9.17, 15) is 4.57 Å². The summed E-state index contributed by atoms with van der Waals surface area (Å²) in [5.74, 6) is 0.381. The molecule has 1 unspecified atom stereocenters. The Hall–Kier alpha value is -0.240. The second-order valence-corrected chi connectivity index (χ2v) is 8.60. The quantitative estimate of drug-likeness (QED) is 0.723. The predicted octanol–water partition coefficient (Wildman–Crippen LogP) is 4.27. The van der Waals surface area contributed by atoms with E-state index < -0.39 is 6.57 Å². The largest absolute Gasteiger partial charge is 0.324 e. The van der Waals surface area contributed by atoms with Crippen molar-refractivity contribution >= 4 is 18.0 Å². The lowest BCUT2D eigenvalue weighted by Crippen LogP contribution is -1.97. The Morgan fingerprint density at radius 3 is 2.40 bits per heavy atom. The third kappa shape index (κ3) is 4.42. The first-order valence-electron chi connectivity index (χ1n) is 4.95. The number of benzene rings is 1. The first kappa shape index (κ1) is 12.8. The molecule has 4 heteroatoms. The van der Waals surface area contributed by atoms with Crippen molar-refractivity contribution in [3.05, 3.63) is 30.3 Å². The molecular weight excluding hydrogens is 227 g/mol. The Balaban J connectivity index is 2.73. The fourth-order valence-electron chi connectivity index (χ4n) is 1.24. The van der Waals surface area contributed by atoms with E-state index in [1.165, 1.54) is 18.5 Å². The molecule has 0 saturated heterocycles. The molecule has 1 aromatic rings. The first-order valence-corrected chi connectivity index (χ1v) is 8.18. The molecule has 0 bridgehead atoms. The van der Waals surface area contributed by atoms with Gasteiger partial charge in [0, 0.05) is 18.2 Å². The molecule has 0 N–H and O–H groups in total. The average molecular weight is 244 g/mol. The monoisotopic (exact) mass is 244 g/mol. The maximum Gasteiger partial charge on any atom is 0.262 e. The SMILES string of the molecule is COP(=O)(CC(C)C)Sc1ccccc1. The van der Waals surface area contributed by atoms with Gasteiger partial charge in [-0.25, -0.2) is 0 Å². The Morgan fingerprint density at radius 2 is 1.93 bits per heavy atom. The average Bonchev–Trinajstić information content (AvgIpc) is 2.18. The van der Waals surface area contributed by atoms with Crippen LogP contribution in [-0.2, 0) is 9.09 Å². The number of hydrogen-bond acceptors (Lipinski definition) is 3. The van der Waals surface area contributed by atoms with Gasteiger partial charge in [-0.05, 0) is 29.4 Å². The highest BCUT2D eigenvalue weighted by molar-refractivity contribution is 8.56. The molecule has 0 spiro atoms. The minimum atomic E-state index is -2.56. The van der Waals surface area contributed by atoms with Gasteiger partial charge in [0.05, 0.1) is 0 Å². The van der Waals surface area contributed by atoms with Crippen LogP contribution in [0, 0.1) is 5.92 Å². The molecule has 0 aliphatic heterocycles. The summed E-state index contributed by atoms with van der Waals surface area (Å²) in [5, 5.41) is 0. The second-order valence-electron chi connectivity index (χ2n) is 3.77. The van der Waals surface area contributed by atoms with Crippen LogP contribution in [0.4, 0.5) is 0 Å². The van der Waals surface area contributed by atoms with Gasteiger partial charge in [0.15, 0.2) is 0 Å². The van der Waals surface area contributed by atoms with Crippen LogP contribution >= 0.6 is 18.0 Å². The number of rotatable bonds is 5. The highest BCUT2D eigenvalue weighted by Gasteiger charge is 2.24. The number of hydrogen-bond donors (Lipinski definition) is 0. The van der Waals surface area contributed by atoms with Gasteiger partial charge in [0.25, 0.3) is 6.57 Å². The summed E-state index contributed by atoms with van der Waals surface area (Å²) in [6.07, 6.45) is 0.614. The molecule has 0 radical (unpaired) electrons. The molecule has 2 nitrogen and oxygen atoms in total. The lowest BCUT2D eigenvalue weighted by atomic mass is 10.3. The van der Waals surface area contributed by atoms with Gasteiger partial charge in [0.1, 0.15) is 0 Å². The van der Waals surface area contributed by atoms with Gasteiger partial charge in [-0.3, -0.25) is 4.57 Å². The maximum absolute atomic E-state index is 12.3. The minimum absolute atomic E-state index is 0.381. The molecule has 15 heavy (non-hydrogen) atoms. The van der Waals surface area contributed by atoms with E-state index in [1.807, 2.05) is 30.3 Å². The van der Waals surface area contributed by atoms with Gasteiger partial charge in [0.2, 0.25) is 0 Å². The Labute approximate surface area is 95.6 Å². The fraction of sp³-hybridized carbons (Fsp3) is 0.455. The fourth-order valence-corrected chi connectivity index (χ4v) is 5.70. The van der Waals surface area contributed by atoms with Crippen molar-refractivity contribution in [3.63, 3.8) is 0 Å². The molecule has 0 aliphatic rings. The summed E-state index contributed by atoms with van der Waals surface area (Å²) in [5.41, 5.74) is 0. The molecule has 0 aromatic heterocycles. The maximum atomic E-state index is 12.3. The Kier molecular flexibility index (Phi) is 4.91. The summed E-state index contributed by atoms with van der Waals surface area (Å²) in [6.45, 7) is 1.54. The normalized spacial score (nSPS) is 15.2. The summed E-state index contributed by atoms with van der Waals surface area (Å²) < 4.78 is 17.5. The van der Waals surface area contributed by atoms with Crippen molar-refractivity contribution in [1.29, 1.82) is 0 Å². The van der Waals surface area contributed by atoms with Crippen molar-refractivity contribution in [2.75, 3.05) is 13.3 Å². The summed E-state index contributed by atoms with van der Waals surface area (Å²) in [7, 11) is 1.53. The molecule has 0 fully saturated rings. The van der Waals surface area contributed by atoms with Crippen LogP contribution in [-0.4, -0.2) is 13.3 Å². The third-order valence-electron chi connectivity index (χ3n) is 1.85.